The summed E-state index contributed by atoms with van der Waals surface area (Å²) in [5, 5.41) is 15.3. The number of nitriles is 1. The fraction of sp³-hybridized carbons (Fsp3) is 0.600. The molecular weight excluding hydrogens is 331 g/mol. The van der Waals surface area contributed by atoms with Gasteiger partial charge in [-0.3, -0.25) is 0 Å². The number of benzene rings is 1. The van der Waals surface area contributed by atoms with Crippen molar-refractivity contribution in [1.29, 1.82) is 5.26 Å². The molecule has 26 heavy (non-hydrogen) atoms. The second kappa shape index (κ2) is 11.5. The summed E-state index contributed by atoms with van der Waals surface area (Å²) in [6.07, 6.45) is 7.60. The number of guanidine groups is 1. The number of hydrogen-bond donors (Lipinski definition) is 2. The van der Waals surface area contributed by atoms with Crippen molar-refractivity contribution in [2.45, 2.75) is 58.1 Å². The Kier molecular flexibility index (Phi) is 8.91. The van der Waals surface area contributed by atoms with Gasteiger partial charge in [0.2, 0.25) is 0 Å². The molecule has 1 aromatic carbocycles. The quantitative estimate of drug-likeness (QED) is 0.423. The van der Waals surface area contributed by atoms with Crippen LogP contribution >= 0.6 is 0 Å². The molecule has 1 aliphatic rings. The number of nitrogens with one attached hydrogen (secondary N) is 2. The molecule has 0 unspecified atom stereocenters. The van der Waals surface area contributed by atoms with Crippen LogP contribution in [0.5, 0.6) is 0 Å². The predicted octanol–water partition coefficient (Wildman–Crippen LogP) is 3.49. The van der Waals surface area contributed by atoms with Gasteiger partial charge in [0.05, 0.1) is 24.3 Å². The molecule has 0 atom stereocenters. The Balaban J connectivity index is 1.76. The van der Waals surface area contributed by atoms with Gasteiger partial charge in [-0.15, -0.1) is 0 Å². The molecule has 0 aliphatic heterocycles. The van der Waals surface area contributed by atoms with E-state index in [1.807, 2.05) is 13.0 Å². The van der Waals surface area contributed by atoms with Gasteiger partial charge in [0.25, 0.3) is 0 Å². The Bertz CT molecular complexity index is 621. The lowest BCUT2D eigenvalue weighted by Gasteiger charge is -2.22. The maximum absolute atomic E-state index is 13.8. The normalized spacial score (nSPS) is 15.5. The molecule has 0 spiro atoms. The van der Waals surface area contributed by atoms with Crippen LogP contribution < -0.4 is 10.6 Å². The molecule has 0 heterocycles. The van der Waals surface area contributed by atoms with Crippen molar-refractivity contribution >= 4 is 5.96 Å². The lowest BCUT2D eigenvalue weighted by atomic mass is 9.98. The first-order chi connectivity index (χ1) is 12.7. The minimum atomic E-state index is -0.343. The van der Waals surface area contributed by atoms with Crippen molar-refractivity contribution < 1.29 is 9.13 Å². The summed E-state index contributed by atoms with van der Waals surface area (Å²) >= 11 is 0. The van der Waals surface area contributed by atoms with Crippen LogP contribution in [0.3, 0.4) is 0 Å². The van der Waals surface area contributed by atoms with Crippen LogP contribution in [0.4, 0.5) is 4.39 Å². The number of aliphatic imine (C=N–C) groups is 1. The van der Waals surface area contributed by atoms with Crippen LogP contribution in [0, 0.1) is 17.1 Å². The molecule has 1 fully saturated rings. The standard InChI is InChI=1S/C20H29FN4O/c1-2-23-20(24-11-6-12-26-18-7-4-3-5-8-18)25-15-17-13-16(14-22)9-10-19(17)21/h9-10,13,18H,2-8,11-12,15H2,1H3,(H2,23,24,25). The Morgan fingerprint density at radius 1 is 1.31 bits per heavy atom. The average molecular weight is 360 g/mol. The summed E-state index contributed by atoms with van der Waals surface area (Å²) in [6.45, 7) is 4.40. The molecule has 2 N–H and O–H groups in total. The molecule has 1 aromatic rings. The fourth-order valence-corrected chi connectivity index (χ4v) is 3.03. The Morgan fingerprint density at radius 3 is 2.85 bits per heavy atom. The second-order valence-electron chi connectivity index (χ2n) is 6.52. The molecule has 0 saturated heterocycles. The van der Waals surface area contributed by atoms with Crippen LogP contribution in [-0.2, 0) is 11.3 Å². The van der Waals surface area contributed by atoms with Gasteiger partial charge in [0.15, 0.2) is 5.96 Å². The first-order valence-electron chi connectivity index (χ1n) is 9.55. The van der Waals surface area contributed by atoms with Crippen LogP contribution in [0.2, 0.25) is 0 Å². The molecule has 0 bridgehead atoms. The van der Waals surface area contributed by atoms with Crippen molar-refractivity contribution in [2.75, 3.05) is 19.7 Å². The van der Waals surface area contributed by atoms with Crippen LogP contribution in [0.15, 0.2) is 23.2 Å². The molecule has 0 amide bonds. The minimum Gasteiger partial charge on any atom is -0.378 e. The van der Waals surface area contributed by atoms with Crippen LogP contribution in [-0.4, -0.2) is 31.8 Å². The summed E-state index contributed by atoms with van der Waals surface area (Å²) in [6, 6.07) is 6.35. The van der Waals surface area contributed by atoms with E-state index in [9.17, 15) is 4.39 Å². The van der Waals surface area contributed by atoms with Gasteiger partial charge >= 0.3 is 0 Å². The topological polar surface area (TPSA) is 69.4 Å². The van der Waals surface area contributed by atoms with E-state index in [0.29, 0.717) is 23.2 Å². The lowest BCUT2D eigenvalue weighted by Crippen LogP contribution is -2.38. The Hall–Kier alpha value is -2.13. The number of ether oxygens (including phenoxy) is 1. The zero-order valence-corrected chi connectivity index (χ0v) is 15.6. The molecule has 142 valence electrons. The molecule has 1 saturated carbocycles. The summed E-state index contributed by atoms with van der Waals surface area (Å²) < 4.78 is 19.8. The highest BCUT2D eigenvalue weighted by Crippen LogP contribution is 2.20. The van der Waals surface area contributed by atoms with E-state index in [2.05, 4.69) is 15.6 Å². The number of rotatable bonds is 8. The van der Waals surface area contributed by atoms with Gasteiger partial charge in [0.1, 0.15) is 5.82 Å². The first-order valence-corrected chi connectivity index (χ1v) is 9.55. The third-order valence-electron chi connectivity index (χ3n) is 4.45. The highest BCUT2D eigenvalue weighted by atomic mass is 19.1. The van der Waals surface area contributed by atoms with Crippen LogP contribution in [0.1, 0.15) is 56.6 Å². The lowest BCUT2D eigenvalue weighted by molar-refractivity contribution is 0.0277. The molecule has 6 heteroatoms. The highest BCUT2D eigenvalue weighted by molar-refractivity contribution is 5.79. The minimum absolute atomic E-state index is 0.190. The van der Waals surface area contributed by atoms with Crippen molar-refractivity contribution in [3.63, 3.8) is 0 Å². The first kappa shape index (κ1) is 20.2. The molecule has 5 nitrogen and oxygen atoms in total. The zero-order chi connectivity index (χ0) is 18.6. The van der Waals surface area contributed by atoms with E-state index in [1.54, 1.807) is 6.07 Å². The molecule has 1 aliphatic carbocycles. The zero-order valence-electron chi connectivity index (χ0n) is 15.6. The third kappa shape index (κ3) is 7.01. The predicted molar refractivity (Wildman–Crippen MR) is 101 cm³/mol. The Morgan fingerprint density at radius 2 is 2.12 bits per heavy atom. The molecular formula is C20H29FN4O. The van der Waals surface area contributed by atoms with Gasteiger partial charge in [-0.2, -0.15) is 5.26 Å². The summed E-state index contributed by atoms with van der Waals surface area (Å²) in [5.74, 6) is 0.302. The number of nitrogens with zero attached hydrogens (tertiary/aromatic N) is 2. The number of hydrogen-bond acceptors (Lipinski definition) is 3. The highest BCUT2D eigenvalue weighted by Gasteiger charge is 2.13. The van der Waals surface area contributed by atoms with E-state index in [-0.39, 0.29) is 12.4 Å². The monoisotopic (exact) mass is 360 g/mol. The van der Waals surface area contributed by atoms with Gasteiger partial charge in [0, 0.05) is 25.3 Å². The maximum Gasteiger partial charge on any atom is 0.191 e. The molecule has 0 radical (unpaired) electrons. The van der Waals surface area contributed by atoms with E-state index < -0.39 is 0 Å². The van der Waals surface area contributed by atoms with Crippen molar-refractivity contribution in [3.05, 3.63) is 35.1 Å². The van der Waals surface area contributed by atoms with Crippen molar-refractivity contribution in [3.8, 4) is 6.07 Å². The van der Waals surface area contributed by atoms with Gasteiger partial charge in [-0.05, 0) is 44.4 Å². The largest absolute Gasteiger partial charge is 0.378 e. The molecule has 2 rings (SSSR count). The van der Waals surface area contributed by atoms with E-state index >= 15 is 0 Å². The van der Waals surface area contributed by atoms with Gasteiger partial charge in [-0.1, -0.05) is 19.3 Å². The van der Waals surface area contributed by atoms with Crippen LogP contribution in [0.25, 0.3) is 0 Å². The smallest absolute Gasteiger partial charge is 0.191 e. The van der Waals surface area contributed by atoms with Gasteiger partial charge < -0.3 is 15.4 Å². The molecule has 0 aromatic heterocycles. The second-order valence-corrected chi connectivity index (χ2v) is 6.52. The summed E-state index contributed by atoms with van der Waals surface area (Å²) in [4.78, 5) is 4.41. The Labute approximate surface area is 155 Å². The SMILES string of the molecule is CCNC(=NCc1cc(C#N)ccc1F)NCCCOC1CCCCC1. The van der Waals surface area contributed by atoms with Crippen molar-refractivity contribution in [1.82, 2.24) is 10.6 Å². The third-order valence-corrected chi connectivity index (χ3v) is 4.45. The number of halogens is 1. The summed E-state index contributed by atoms with van der Waals surface area (Å²) in [5.41, 5.74) is 0.858. The fourth-order valence-electron chi connectivity index (χ4n) is 3.03. The summed E-state index contributed by atoms with van der Waals surface area (Å²) in [7, 11) is 0. The maximum atomic E-state index is 13.8. The van der Waals surface area contributed by atoms with Crippen molar-refractivity contribution in [2.24, 2.45) is 4.99 Å². The van der Waals surface area contributed by atoms with Gasteiger partial charge in [-0.25, -0.2) is 9.38 Å². The average Bonchev–Trinajstić information content (AvgIpc) is 2.67. The van der Waals surface area contributed by atoms with E-state index in [4.69, 9.17) is 10.00 Å². The van der Waals surface area contributed by atoms with E-state index in [0.717, 1.165) is 26.1 Å². The van der Waals surface area contributed by atoms with E-state index in [1.165, 1.54) is 44.2 Å².